The first kappa shape index (κ1) is 28.0. The van der Waals surface area contributed by atoms with Crippen LogP contribution in [0.4, 0.5) is 5.00 Å². The Bertz CT molecular complexity index is 1360. The Labute approximate surface area is 232 Å². The maximum absolute atomic E-state index is 12.9. The Kier molecular flexibility index (Phi) is 8.68. The number of fused-ring (bicyclic) bond motifs is 1. The normalized spacial score (nSPS) is 15.0. The monoisotopic (exact) mass is 553 g/mol. The predicted molar refractivity (Wildman–Crippen MR) is 152 cm³/mol. The molecule has 8 nitrogen and oxygen atoms in total. The molecule has 0 bridgehead atoms. The SMILES string of the molecule is CCn1c(SCC(=O)Nc2sc3c(c2C#N)CCC(C(C)(C)CC)C3)nnc1-c1ccc(OC)c(OC)c1. The third-order valence-electron chi connectivity index (χ3n) is 7.65. The van der Waals surface area contributed by atoms with E-state index in [4.69, 9.17) is 9.47 Å². The lowest BCUT2D eigenvalue weighted by atomic mass is 9.69. The van der Waals surface area contributed by atoms with Crippen LogP contribution in [-0.2, 0) is 24.2 Å². The minimum atomic E-state index is -0.158. The summed E-state index contributed by atoms with van der Waals surface area (Å²) in [6, 6.07) is 7.96. The molecule has 2 heterocycles. The van der Waals surface area contributed by atoms with Crippen LogP contribution in [0, 0.1) is 22.7 Å². The molecule has 10 heteroatoms. The highest BCUT2D eigenvalue weighted by Crippen LogP contribution is 2.45. The molecule has 0 saturated heterocycles. The quantitative estimate of drug-likeness (QED) is 0.299. The Hall–Kier alpha value is -3.03. The van der Waals surface area contributed by atoms with Crippen molar-refractivity contribution < 1.29 is 14.3 Å². The van der Waals surface area contributed by atoms with Crippen LogP contribution < -0.4 is 14.8 Å². The van der Waals surface area contributed by atoms with Crippen molar-refractivity contribution in [1.82, 2.24) is 14.8 Å². The van der Waals surface area contributed by atoms with E-state index in [0.29, 0.717) is 45.5 Å². The lowest BCUT2D eigenvalue weighted by molar-refractivity contribution is -0.113. The number of carbonyl (C=O) groups is 1. The van der Waals surface area contributed by atoms with Crippen molar-refractivity contribution in [2.45, 2.75) is 65.1 Å². The molecular weight excluding hydrogens is 518 g/mol. The van der Waals surface area contributed by atoms with Crippen LogP contribution in [0.15, 0.2) is 23.4 Å². The molecule has 1 N–H and O–H groups in total. The maximum atomic E-state index is 12.9. The summed E-state index contributed by atoms with van der Waals surface area (Å²) in [6.07, 6.45) is 4.07. The number of nitrogens with one attached hydrogen (secondary N) is 1. The zero-order valence-corrected chi connectivity index (χ0v) is 24.5. The molecule has 1 aromatic carbocycles. The molecule has 0 saturated carbocycles. The van der Waals surface area contributed by atoms with Gasteiger partial charge in [-0.25, -0.2) is 0 Å². The zero-order valence-electron chi connectivity index (χ0n) is 22.9. The molecule has 38 heavy (non-hydrogen) atoms. The van der Waals surface area contributed by atoms with E-state index >= 15 is 0 Å². The summed E-state index contributed by atoms with van der Waals surface area (Å²) >= 11 is 2.89. The van der Waals surface area contributed by atoms with Gasteiger partial charge in [0.15, 0.2) is 22.5 Å². The van der Waals surface area contributed by atoms with Crippen LogP contribution in [0.5, 0.6) is 11.5 Å². The Morgan fingerprint density at radius 2 is 2.03 bits per heavy atom. The van der Waals surface area contributed by atoms with E-state index in [9.17, 15) is 10.1 Å². The van der Waals surface area contributed by atoms with Crippen molar-refractivity contribution in [3.8, 4) is 29.0 Å². The summed E-state index contributed by atoms with van der Waals surface area (Å²) in [6.45, 7) is 9.55. The van der Waals surface area contributed by atoms with E-state index in [-0.39, 0.29) is 17.1 Å². The van der Waals surface area contributed by atoms with Gasteiger partial charge >= 0.3 is 0 Å². The number of thioether (sulfide) groups is 1. The second-order valence-corrected chi connectivity index (χ2v) is 12.1. The molecule has 3 aromatic rings. The van der Waals surface area contributed by atoms with Gasteiger partial charge in [-0.05, 0) is 61.3 Å². The smallest absolute Gasteiger partial charge is 0.235 e. The van der Waals surface area contributed by atoms with Crippen LogP contribution in [0.3, 0.4) is 0 Å². The Balaban J connectivity index is 1.46. The fraction of sp³-hybridized carbons (Fsp3) is 0.500. The average Bonchev–Trinajstić information content (AvgIpc) is 3.50. The highest BCUT2D eigenvalue weighted by Gasteiger charge is 2.34. The maximum Gasteiger partial charge on any atom is 0.235 e. The molecule has 202 valence electrons. The van der Waals surface area contributed by atoms with Crippen LogP contribution in [0.2, 0.25) is 0 Å². The van der Waals surface area contributed by atoms with Crippen LogP contribution in [0.25, 0.3) is 11.4 Å². The minimum absolute atomic E-state index is 0.158. The lowest BCUT2D eigenvalue weighted by Crippen LogP contribution is -2.28. The van der Waals surface area contributed by atoms with Gasteiger partial charge in [-0.2, -0.15) is 5.26 Å². The summed E-state index contributed by atoms with van der Waals surface area (Å²) in [5.74, 6) is 2.54. The molecule has 4 rings (SSSR count). The predicted octanol–water partition coefficient (Wildman–Crippen LogP) is 6.19. The molecule has 1 aliphatic rings. The van der Waals surface area contributed by atoms with E-state index in [1.807, 2.05) is 29.7 Å². The van der Waals surface area contributed by atoms with E-state index in [1.165, 1.54) is 16.6 Å². The number of nitriles is 1. The number of hydrogen-bond acceptors (Lipinski definition) is 8. The van der Waals surface area contributed by atoms with Gasteiger partial charge in [-0.3, -0.25) is 4.79 Å². The van der Waals surface area contributed by atoms with Gasteiger partial charge in [0.05, 0.1) is 25.5 Å². The van der Waals surface area contributed by atoms with Crippen molar-refractivity contribution in [3.05, 3.63) is 34.2 Å². The summed E-state index contributed by atoms with van der Waals surface area (Å²) in [5.41, 5.74) is 2.86. The van der Waals surface area contributed by atoms with E-state index in [0.717, 1.165) is 36.8 Å². The van der Waals surface area contributed by atoms with Crippen LogP contribution in [0.1, 0.15) is 56.5 Å². The van der Waals surface area contributed by atoms with Gasteiger partial charge in [0.25, 0.3) is 0 Å². The van der Waals surface area contributed by atoms with E-state index < -0.39 is 0 Å². The zero-order chi connectivity index (χ0) is 27.4. The van der Waals surface area contributed by atoms with Crippen molar-refractivity contribution in [1.29, 1.82) is 5.26 Å². The number of methoxy groups -OCH3 is 2. The summed E-state index contributed by atoms with van der Waals surface area (Å²) in [5, 5.41) is 22.9. The fourth-order valence-electron chi connectivity index (χ4n) is 4.91. The molecule has 1 atom stereocenters. The Morgan fingerprint density at radius 1 is 1.26 bits per heavy atom. The van der Waals surface area contributed by atoms with Crippen LogP contribution >= 0.6 is 23.1 Å². The van der Waals surface area contributed by atoms with Gasteiger partial charge in [-0.1, -0.05) is 39.0 Å². The number of benzene rings is 1. The number of anilines is 1. The summed E-state index contributed by atoms with van der Waals surface area (Å²) < 4.78 is 12.7. The second kappa shape index (κ2) is 11.8. The second-order valence-electron chi connectivity index (χ2n) is 10.1. The van der Waals surface area contributed by atoms with Crippen molar-refractivity contribution in [3.63, 3.8) is 0 Å². The van der Waals surface area contributed by atoms with Gasteiger partial charge in [0.1, 0.15) is 11.1 Å². The molecule has 0 radical (unpaired) electrons. The molecular formula is C28H35N5O3S2. The first-order valence-corrected chi connectivity index (χ1v) is 14.7. The number of amides is 1. The molecule has 0 spiro atoms. The first-order chi connectivity index (χ1) is 18.3. The first-order valence-electron chi connectivity index (χ1n) is 12.9. The average molecular weight is 554 g/mol. The number of aromatic nitrogens is 3. The molecule has 1 amide bonds. The number of thiophene rings is 1. The minimum Gasteiger partial charge on any atom is -0.493 e. The highest BCUT2D eigenvalue weighted by molar-refractivity contribution is 7.99. The fourth-order valence-corrected chi connectivity index (χ4v) is 7.01. The van der Waals surface area contributed by atoms with Gasteiger partial charge < -0.3 is 19.4 Å². The summed E-state index contributed by atoms with van der Waals surface area (Å²) in [4.78, 5) is 14.2. The number of nitrogens with zero attached hydrogens (tertiary/aromatic N) is 4. The molecule has 1 aliphatic carbocycles. The lowest BCUT2D eigenvalue weighted by Gasteiger charge is -2.36. The number of hydrogen-bond donors (Lipinski definition) is 1. The molecule has 1 unspecified atom stereocenters. The van der Waals surface area contributed by atoms with Gasteiger partial charge in [0.2, 0.25) is 5.91 Å². The number of ether oxygens (including phenoxy) is 2. The molecule has 0 fully saturated rings. The van der Waals surface area contributed by atoms with E-state index in [1.54, 1.807) is 25.6 Å². The number of carbonyl (C=O) groups excluding carboxylic acids is 1. The van der Waals surface area contributed by atoms with E-state index in [2.05, 4.69) is 42.4 Å². The summed E-state index contributed by atoms with van der Waals surface area (Å²) in [7, 11) is 3.19. The highest BCUT2D eigenvalue weighted by atomic mass is 32.2. The topological polar surface area (TPSA) is 102 Å². The van der Waals surface area contributed by atoms with Crippen molar-refractivity contribution >= 4 is 34.0 Å². The number of rotatable bonds is 10. The molecule has 0 aliphatic heterocycles. The van der Waals surface area contributed by atoms with Crippen LogP contribution in [-0.4, -0.2) is 40.6 Å². The third kappa shape index (κ3) is 5.54. The third-order valence-corrected chi connectivity index (χ3v) is 9.79. The van der Waals surface area contributed by atoms with Crippen molar-refractivity contribution in [2.24, 2.45) is 11.3 Å². The van der Waals surface area contributed by atoms with Gasteiger partial charge in [-0.15, -0.1) is 21.5 Å². The van der Waals surface area contributed by atoms with Crippen molar-refractivity contribution in [2.75, 3.05) is 25.3 Å². The Morgan fingerprint density at radius 3 is 2.68 bits per heavy atom. The standard InChI is InChI=1S/C28H35N5O3S2/c1-7-28(3,4)18-10-11-19-20(15-29)26(38-23(19)14-18)30-24(34)16-37-27-32-31-25(33(27)8-2)17-9-12-21(35-5)22(13-17)36-6/h9,12-13,18H,7-8,10-11,14,16H2,1-6H3,(H,30,34). The largest absolute Gasteiger partial charge is 0.493 e. The van der Waals surface area contributed by atoms with Gasteiger partial charge in [0, 0.05) is 17.0 Å². The molecule has 2 aromatic heterocycles.